The molecular weight excluding hydrogens is 300 g/mol. The first-order chi connectivity index (χ1) is 11.5. The van der Waals surface area contributed by atoms with Crippen molar-refractivity contribution >= 4 is 23.2 Å². The van der Waals surface area contributed by atoms with Gasteiger partial charge in [0.2, 0.25) is 5.95 Å². The van der Waals surface area contributed by atoms with Crippen LogP contribution in [0.1, 0.15) is 49.7 Å². The number of Topliss-reactive ketones (excluding diaryl/α,β-unsaturated/α-hetero) is 1. The zero-order valence-electron chi connectivity index (χ0n) is 15.0. The average molecular weight is 326 g/mol. The number of hydrogen-bond donors (Lipinski definition) is 1. The van der Waals surface area contributed by atoms with Gasteiger partial charge >= 0.3 is 0 Å². The minimum absolute atomic E-state index is 0.0606. The van der Waals surface area contributed by atoms with E-state index in [1.165, 1.54) is 0 Å². The van der Waals surface area contributed by atoms with E-state index in [1.54, 1.807) is 6.92 Å². The minimum Gasteiger partial charge on any atom is -0.356 e. The van der Waals surface area contributed by atoms with Gasteiger partial charge in [-0.2, -0.15) is 4.98 Å². The number of carbonyl (C=O) groups excluding carboxylic acids is 1. The molecule has 0 radical (unpaired) electrons. The highest BCUT2D eigenvalue weighted by Gasteiger charge is 2.10. The number of aryl methyl sites for hydroxylation is 1. The van der Waals surface area contributed by atoms with E-state index >= 15 is 0 Å². The Morgan fingerprint density at radius 2 is 1.71 bits per heavy atom. The molecule has 0 aliphatic carbocycles. The third-order valence-electron chi connectivity index (χ3n) is 3.70. The Labute approximate surface area is 144 Å². The molecule has 0 aliphatic heterocycles. The molecule has 0 saturated heterocycles. The average Bonchev–Trinajstić information content (AvgIpc) is 2.54. The number of hydrogen-bond acceptors (Lipinski definition) is 5. The molecule has 5 nitrogen and oxygen atoms in total. The van der Waals surface area contributed by atoms with Gasteiger partial charge in [-0.05, 0) is 51.0 Å². The van der Waals surface area contributed by atoms with E-state index in [-0.39, 0.29) is 5.78 Å². The summed E-state index contributed by atoms with van der Waals surface area (Å²) in [7, 11) is 0. The normalized spacial score (nSPS) is 10.5. The van der Waals surface area contributed by atoms with E-state index in [2.05, 4.69) is 34.0 Å². The Morgan fingerprint density at radius 3 is 2.25 bits per heavy atom. The fraction of sp³-hybridized carbons (Fsp3) is 0.421. The van der Waals surface area contributed by atoms with Crippen molar-refractivity contribution in [3.63, 3.8) is 0 Å². The van der Waals surface area contributed by atoms with Gasteiger partial charge < -0.3 is 10.2 Å². The maximum Gasteiger partial charge on any atom is 0.229 e. The Hall–Kier alpha value is -2.43. The molecule has 0 unspecified atom stereocenters. The van der Waals surface area contributed by atoms with Crippen molar-refractivity contribution in [3.05, 3.63) is 41.6 Å². The van der Waals surface area contributed by atoms with Gasteiger partial charge in [0.1, 0.15) is 5.82 Å². The van der Waals surface area contributed by atoms with Gasteiger partial charge in [0.05, 0.1) is 0 Å². The molecule has 2 aromatic rings. The van der Waals surface area contributed by atoms with Gasteiger partial charge in [-0.25, -0.2) is 4.98 Å². The summed E-state index contributed by atoms with van der Waals surface area (Å²) in [6.07, 6.45) is 2.16. The van der Waals surface area contributed by atoms with E-state index in [9.17, 15) is 4.79 Å². The van der Waals surface area contributed by atoms with Gasteiger partial charge in [-0.1, -0.05) is 13.8 Å². The van der Waals surface area contributed by atoms with Crippen molar-refractivity contribution in [3.8, 4) is 0 Å². The largest absolute Gasteiger partial charge is 0.356 e. The molecule has 0 bridgehead atoms. The number of carbonyl (C=O) groups is 1. The van der Waals surface area contributed by atoms with Crippen molar-refractivity contribution < 1.29 is 4.79 Å². The van der Waals surface area contributed by atoms with Gasteiger partial charge in [-0.15, -0.1) is 0 Å². The fourth-order valence-electron chi connectivity index (χ4n) is 2.57. The highest BCUT2D eigenvalue weighted by atomic mass is 16.1. The summed E-state index contributed by atoms with van der Waals surface area (Å²) in [6, 6.07) is 9.38. The van der Waals surface area contributed by atoms with Crippen LogP contribution in [0.3, 0.4) is 0 Å². The lowest BCUT2D eigenvalue weighted by Crippen LogP contribution is -2.26. The molecule has 0 atom stereocenters. The number of ketones is 1. The van der Waals surface area contributed by atoms with Crippen LogP contribution in [0.15, 0.2) is 30.3 Å². The van der Waals surface area contributed by atoms with Crippen LogP contribution in [0.2, 0.25) is 0 Å². The lowest BCUT2D eigenvalue weighted by molar-refractivity contribution is 0.101. The number of nitrogens with one attached hydrogen (secondary N) is 1. The second-order valence-corrected chi connectivity index (χ2v) is 5.94. The van der Waals surface area contributed by atoms with E-state index < -0.39 is 0 Å². The maximum atomic E-state index is 11.4. The number of benzene rings is 1. The Kier molecular flexibility index (Phi) is 6.29. The van der Waals surface area contributed by atoms with Crippen LogP contribution in [0, 0.1) is 6.92 Å². The summed E-state index contributed by atoms with van der Waals surface area (Å²) >= 11 is 0. The lowest BCUT2D eigenvalue weighted by Gasteiger charge is -2.23. The van der Waals surface area contributed by atoms with Crippen LogP contribution in [-0.4, -0.2) is 28.8 Å². The summed E-state index contributed by atoms with van der Waals surface area (Å²) in [5.41, 5.74) is 2.50. The zero-order chi connectivity index (χ0) is 17.5. The number of aromatic nitrogens is 2. The van der Waals surface area contributed by atoms with E-state index in [4.69, 9.17) is 0 Å². The third kappa shape index (κ3) is 4.78. The quantitative estimate of drug-likeness (QED) is 0.731. The van der Waals surface area contributed by atoms with Crippen LogP contribution >= 0.6 is 0 Å². The summed E-state index contributed by atoms with van der Waals surface area (Å²) in [5, 5.41) is 3.23. The van der Waals surface area contributed by atoms with Gasteiger partial charge in [0, 0.05) is 36.1 Å². The standard InChI is InChI=1S/C19H26N4O/c1-5-11-23(12-6-2)18-13-14(3)20-19(22-18)21-17-9-7-16(8-10-17)15(4)24/h7-10,13H,5-6,11-12H2,1-4H3,(H,20,21,22). The Morgan fingerprint density at radius 1 is 1.08 bits per heavy atom. The first-order valence-corrected chi connectivity index (χ1v) is 8.52. The Balaban J connectivity index is 2.22. The molecule has 0 aliphatic rings. The molecule has 128 valence electrons. The molecule has 24 heavy (non-hydrogen) atoms. The van der Waals surface area contributed by atoms with Crippen molar-refractivity contribution in [1.29, 1.82) is 0 Å². The van der Waals surface area contributed by atoms with Crippen LogP contribution in [-0.2, 0) is 0 Å². The van der Waals surface area contributed by atoms with Gasteiger partial charge in [-0.3, -0.25) is 4.79 Å². The molecule has 0 spiro atoms. The first-order valence-electron chi connectivity index (χ1n) is 8.52. The summed E-state index contributed by atoms with van der Waals surface area (Å²) < 4.78 is 0. The molecule has 2 rings (SSSR count). The smallest absolute Gasteiger partial charge is 0.229 e. The zero-order valence-corrected chi connectivity index (χ0v) is 15.0. The molecule has 1 N–H and O–H groups in total. The van der Waals surface area contributed by atoms with Crippen LogP contribution in [0.5, 0.6) is 0 Å². The summed E-state index contributed by atoms with van der Waals surface area (Å²) in [4.78, 5) is 22.8. The van der Waals surface area contributed by atoms with Crippen LogP contribution in [0.4, 0.5) is 17.5 Å². The van der Waals surface area contributed by atoms with E-state index in [0.29, 0.717) is 11.5 Å². The number of anilines is 3. The molecule has 0 saturated carbocycles. The number of nitrogens with zero attached hydrogens (tertiary/aromatic N) is 3. The van der Waals surface area contributed by atoms with Crippen LogP contribution in [0.25, 0.3) is 0 Å². The topological polar surface area (TPSA) is 58.1 Å². The molecular formula is C19H26N4O. The number of rotatable bonds is 8. The first kappa shape index (κ1) is 17.9. The van der Waals surface area contributed by atoms with Crippen molar-refractivity contribution in [1.82, 2.24) is 9.97 Å². The van der Waals surface area contributed by atoms with Gasteiger partial charge in [0.15, 0.2) is 5.78 Å². The predicted octanol–water partition coefficient (Wildman–Crippen LogP) is 4.36. The molecule has 5 heteroatoms. The SMILES string of the molecule is CCCN(CCC)c1cc(C)nc(Nc2ccc(C(C)=O)cc2)n1. The molecule has 0 amide bonds. The van der Waals surface area contributed by atoms with Crippen molar-refractivity contribution in [2.75, 3.05) is 23.3 Å². The lowest BCUT2D eigenvalue weighted by atomic mass is 10.1. The van der Waals surface area contributed by atoms with E-state index in [1.807, 2.05) is 37.3 Å². The maximum absolute atomic E-state index is 11.4. The fourth-order valence-corrected chi connectivity index (χ4v) is 2.57. The van der Waals surface area contributed by atoms with Gasteiger partial charge in [0.25, 0.3) is 0 Å². The molecule has 1 heterocycles. The molecule has 1 aromatic heterocycles. The van der Waals surface area contributed by atoms with Crippen molar-refractivity contribution in [2.45, 2.75) is 40.5 Å². The molecule has 0 fully saturated rings. The van der Waals surface area contributed by atoms with Crippen molar-refractivity contribution in [2.24, 2.45) is 0 Å². The van der Waals surface area contributed by atoms with E-state index in [0.717, 1.165) is 43.1 Å². The van der Waals surface area contributed by atoms with Crippen LogP contribution < -0.4 is 10.2 Å². The third-order valence-corrected chi connectivity index (χ3v) is 3.70. The summed E-state index contributed by atoms with van der Waals surface area (Å²) in [5.74, 6) is 1.59. The Bertz CT molecular complexity index is 676. The second-order valence-electron chi connectivity index (χ2n) is 5.94. The minimum atomic E-state index is 0.0606. The predicted molar refractivity (Wildman–Crippen MR) is 99.3 cm³/mol. The highest BCUT2D eigenvalue weighted by Crippen LogP contribution is 2.19. The molecule has 1 aromatic carbocycles. The monoisotopic (exact) mass is 326 g/mol. The second kappa shape index (κ2) is 8.43. The summed E-state index contributed by atoms with van der Waals surface area (Å²) in [6.45, 7) is 9.85. The highest BCUT2D eigenvalue weighted by molar-refractivity contribution is 5.94.